The van der Waals surface area contributed by atoms with Crippen LogP contribution < -0.4 is 10.2 Å². The zero-order chi connectivity index (χ0) is 14.7. The highest BCUT2D eigenvalue weighted by Crippen LogP contribution is 2.22. The summed E-state index contributed by atoms with van der Waals surface area (Å²) in [5.74, 6) is 1.70. The van der Waals surface area contributed by atoms with Gasteiger partial charge in [-0.25, -0.2) is 9.97 Å². The monoisotopic (exact) mass is 290 g/mol. The van der Waals surface area contributed by atoms with Gasteiger partial charge < -0.3 is 10.2 Å². The first-order valence-corrected chi connectivity index (χ1v) is 6.92. The fraction of sp³-hybridized carbons (Fsp3) is 0.333. The first-order chi connectivity index (χ1) is 9.45. The minimum Gasteiger partial charge on any atom is -0.378 e. The summed E-state index contributed by atoms with van der Waals surface area (Å²) in [6, 6.07) is 9.86. The maximum atomic E-state index is 6.03. The molecule has 0 saturated carbocycles. The number of nitrogens with one attached hydrogen (secondary N) is 1. The summed E-state index contributed by atoms with van der Waals surface area (Å²) in [4.78, 5) is 10.7. The third kappa shape index (κ3) is 3.61. The molecule has 1 heterocycles. The molecule has 0 spiro atoms. The lowest BCUT2D eigenvalue weighted by Gasteiger charge is -2.13. The molecule has 0 aliphatic carbocycles. The summed E-state index contributed by atoms with van der Waals surface area (Å²) < 4.78 is 0. The zero-order valence-electron chi connectivity index (χ0n) is 12.2. The molecule has 0 unspecified atom stereocenters. The quantitative estimate of drug-likeness (QED) is 0.862. The van der Waals surface area contributed by atoms with Gasteiger partial charge in [-0.2, -0.15) is 0 Å². The van der Waals surface area contributed by atoms with Crippen molar-refractivity contribution >= 4 is 28.8 Å². The number of anilines is 3. The highest BCUT2D eigenvalue weighted by Gasteiger charge is 2.07. The normalized spacial score (nSPS) is 10.7. The Balaban J connectivity index is 2.21. The minimum atomic E-state index is 0.241. The van der Waals surface area contributed by atoms with Crippen molar-refractivity contribution in [1.29, 1.82) is 0 Å². The molecule has 4 nitrogen and oxygen atoms in total. The second-order valence-electron chi connectivity index (χ2n) is 5.16. The Morgan fingerprint density at radius 3 is 2.30 bits per heavy atom. The van der Waals surface area contributed by atoms with E-state index in [9.17, 15) is 0 Å². The van der Waals surface area contributed by atoms with Crippen LogP contribution >= 0.6 is 11.6 Å². The smallest absolute Gasteiger partial charge is 0.135 e. The molecule has 0 amide bonds. The largest absolute Gasteiger partial charge is 0.378 e. The van der Waals surface area contributed by atoms with Crippen LogP contribution in [0, 0.1) is 0 Å². The van der Waals surface area contributed by atoms with E-state index < -0.39 is 0 Å². The summed E-state index contributed by atoms with van der Waals surface area (Å²) in [7, 11) is 4.03. The Morgan fingerprint density at radius 1 is 1.10 bits per heavy atom. The number of rotatable bonds is 4. The minimum absolute atomic E-state index is 0.241. The lowest BCUT2D eigenvalue weighted by Crippen LogP contribution is -2.08. The second-order valence-corrected chi connectivity index (χ2v) is 5.54. The molecule has 0 bridgehead atoms. The predicted molar refractivity (Wildman–Crippen MR) is 85.2 cm³/mol. The van der Waals surface area contributed by atoms with Crippen LogP contribution in [0.25, 0.3) is 0 Å². The number of nitrogens with zero attached hydrogens (tertiary/aromatic N) is 3. The van der Waals surface area contributed by atoms with Gasteiger partial charge in [0.05, 0.1) is 0 Å². The molecule has 1 aromatic heterocycles. The first-order valence-electron chi connectivity index (χ1n) is 6.54. The van der Waals surface area contributed by atoms with Crippen molar-refractivity contribution in [2.75, 3.05) is 24.3 Å². The van der Waals surface area contributed by atoms with Crippen LogP contribution in [0.1, 0.15) is 25.6 Å². The fourth-order valence-corrected chi connectivity index (χ4v) is 1.94. The maximum absolute atomic E-state index is 6.03. The molecular formula is C15H19ClN4. The van der Waals surface area contributed by atoms with Crippen molar-refractivity contribution in [3.63, 3.8) is 0 Å². The van der Waals surface area contributed by atoms with Crippen LogP contribution in [0.3, 0.4) is 0 Å². The first kappa shape index (κ1) is 14.6. The summed E-state index contributed by atoms with van der Waals surface area (Å²) in [5, 5.41) is 3.71. The third-order valence-corrected chi connectivity index (χ3v) is 3.08. The van der Waals surface area contributed by atoms with Crippen LogP contribution in [-0.2, 0) is 0 Å². The van der Waals surface area contributed by atoms with E-state index >= 15 is 0 Å². The molecule has 0 saturated heterocycles. The van der Waals surface area contributed by atoms with Gasteiger partial charge in [0.1, 0.15) is 16.8 Å². The summed E-state index contributed by atoms with van der Waals surface area (Å²) in [6.45, 7) is 4.09. The lowest BCUT2D eigenvalue weighted by atomic mass is 10.2. The molecular weight excluding hydrogens is 272 g/mol. The SMILES string of the molecule is CC(C)c1nc(Cl)cc(Nc2ccc(N(C)C)cc2)n1. The van der Waals surface area contributed by atoms with Gasteiger partial charge in [0.15, 0.2) is 0 Å². The standard InChI is InChI=1S/C15H19ClN4/c1-10(2)15-18-13(16)9-14(19-15)17-11-5-7-12(8-6-11)20(3)4/h5-10H,1-4H3,(H,17,18,19). The van der Waals surface area contributed by atoms with Crippen LogP contribution in [-0.4, -0.2) is 24.1 Å². The van der Waals surface area contributed by atoms with Crippen molar-refractivity contribution in [2.45, 2.75) is 19.8 Å². The number of hydrogen-bond donors (Lipinski definition) is 1. The van der Waals surface area contributed by atoms with Gasteiger partial charge in [0.25, 0.3) is 0 Å². The van der Waals surface area contributed by atoms with E-state index in [0.717, 1.165) is 17.2 Å². The molecule has 1 aromatic carbocycles. The topological polar surface area (TPSA) is 41.1 Å². The van der Waals surface area contributed by atoms with Crippen LogP contribution in [0.2, 0.25) is 5.15 Å². The van der Waals surface area contributed by atoms with E-state index in [-0.39, 0.29) is 5.92 Å². The van der Waals surface area contributed by atoms with Crippen LogP contribution in [0.4, 0.5) is 17.2 Å². The number of halogens is 1. The molecule has 0 radical (unpaired) electrons. The van der Waals surface area contributed by atoms with Gasteiger partial charge in [-0.1, -0.05) is 25.4 Å². The van der Waals surface area contributed by atoms with Gasteiger partial charge in [0.2, 0.25) is 0 Å². The van der Waals surface area contributed by atoms with Gasteiger partial charge in [-0.3, -0.25) is 0 Å². The number of aromatic nitrogens is 2. The molecule has 0 atom stereocenters. The Labute approximate surface area is 124 Å². The Morgan fingerprint density at radius 2 is 1.75 bits per heavy atom. The van der Waals surface area contributed by atoms with Crippen molar-refractivity contribution < 1.29 is 0 Å². The second kappa shape index (κ2) is 6.09. The van der Waals surface area contributed by atoms with Crippen LogP contribution in [0.5, 0.6) is 0 Å². The van der Waals surface area contributed by atoms with Gasteiger partial charge in [-0.15, -0.1) is 0 Å². The molecule has 0 fully saturated rings. The van der Waals surface area contributed by atoms with Crippen molar-refractivity contribution in [3.05, 3.63) is 41.3 Å². The number of hydrogen-bond acceptors (Lipinski definition) is 4. The molecule has 2 aromatic rings. The average Bonchev–Trinajstić information content (AvgIpc) is 2.38. The Bertz CT molecular complexity index is 579. The lowest BCUT2D eigenvalue weighted by molar-refractivity contribution is 0.776. The van der Waals surface area contributed by atoms with E-state index in [0.29, 0.717) is 11.0 Å². The molecule has 0 aliphatic rings. The molecule has 20 heavy (non-hydrogen) atoms. The van der Waals surface area contributed by atoms with E-state index in [4.69, 9.17) is 11.6 Å². The van der Waals surface area contributed by atoms with E-state index in [1.807, 2.05) is 40.1 Å². The van der Waals surface area contributed by atoms with Crippen LogP contribution in [0.15, 0.2) is 30.3 Å². The molecule has 106 valence electrons. The Hall–Kier alpha value is -1.81. The van der Waals surface area contributed by atoms with Crippen molar-refractivity contribution in [1.82, 2.24) is 9.97 Å². The fourth-order valence-electron chi connectivity index (χ4n) is 1.75. The van der Waals surface area contributed by atoms with E-state index in [1.165, 1.54) is 0 Å². The summed E-state index contributed by atoms with van der Waals surface area (Å²) >= 11 is 6.03. The molecule has 0 aliphatic heterocycles. The highest BCUT2D eigenvalue weighted by atomic mass is 35.5. The van der Waals surface area contributed by atoms with E-state index in [1.54, 1.807) is 6.07 Å². The summed E-state index contributed by atoms with van der Waals surface area (Å²) in [5.41, 5.74) is 2.12. The third-order valence-electron chi connectivity index (χ3n) is 2.88. The molecule has 5 heteroatoms. The molecule has 1 N–H and O–H groups in total. The average molecular weight is 291 g/mol. The van der Waals surface area contributed by atoms with Gasteiger partial charge in [0, 0.05) is 37.5 Å². The number of benzene rings is 1. The van der Waals surface area contributed by atoms with Crippen molar-refractivity contribution in [3.8, 4) is 0 Å². The highest BCUT2D eigenvalue weighted by molar-refractivity contribution is 6.29. The summed E-state index contributed by atoms with van der Waals surface area (Å²) in [6.07, 6.45) is 0. The van der Waals surface area contributed by atoms with E-state index in [2.05, 4.69) is 32.3 Å². The zero-order valence-corrected chi connectivity index (χ0v) is 12.9. The van der Waals surface area contributed by atoms with Gasteiger partial charge in [-0.05, 0) is 24.3 Å². The van der Waals surface area contributed by atoms with Gasteiger partial charge >= 0.3 is 0 Å². The van der Waals surface area contributed by atoms with Crippen molar-refractivity contribution in [2.24, 2.45) is 0 Å². The maximum Gasteiger partial charge on any atom is 0.135 e. The predicted octanol–water partition coefficient (Wildman–Crippen LogP) is 4.06. The Kier molecular flexibility index (Phi) is 4.45. The molecule has 2 rings (SSSR count).